The van der Waals surface area contributed by atoms with Crippen molar-refractivity contribution in [2.75, 3.05) is 6.61 Å². The molecule has 0 spiro atoms. The second kappa shape index (κ2) is 9.11. The fraction of sp³-hybridized carbons (Fsp3) is 0.364. The van der Waals surface area contributed by atoms with E-state index in [1.54, 1.807) is 6.92 Å². The summed E-state index contributed by atoms with van der Waals surface area (Å²) in [6.45, 7) is 6.01. The molecule has 0 saturated carbocycles. The third kappa shape index (κ3) is 4.93. The topological polar surface area (TPSA) is 63.6 Å². The molecule has 0 fully saturated rings. The fourth-order valence-electron chi connectivity index (χ4n) is 3.40. The molecule has 1 N–H and O–H groups in total. The van der Waals surface area contributed by atoms with Crippen molar-refractivity contribution in [3.63, 3.8) is 0 Å². The van der Waals surface area contributed by atoms with Crippen LogP contribution >= 0.6 is 0 Å². The molecule has 4 nitrogen and oxygen atoms in total. The number of carbonyl (C=O) groups excluding carboxylic acids is 2. The van der Waals surface area contributed by atoms with Gasteiger partial charge in [0.2, 0.25) is 0 Å². The second-order valence-electron chi connectivity index (χ2n) is 7.35. The lowest BCUT2D eigenvalue weighted by Gasteiger charge is -2.41. The molecule has 144 valence electrons. The summed E-state index contributed by atoms with van der Waals surface area (Å²) in [5, 5.41) is 1.33. The average Bonchev–Trinajstić information content (AvgIpc) is 2.67. The molecule has 0 aliphatic heterocycles. The van der Waals surface area contributed by atoms with E-state index in [1.165, 1.54) is 0 Å². The van der Waals surface area contributed by atoms with E-state index in [9.17, 15) is 14.4 Å². The van der Waals surface area contributed by atoms with E-state index in [-0.39, 0.29) is 25.2 Å². The Kier molecular flexibility index (Phi) is 7.10. The van der Waals surface area contributed by atoms with Gasteiger partial charge in [0.1, 0.15) is 12.2 Å². The number of hydrogen-bond acceptors (Lipinski definition) is 4. The Morgan fingerprint density at radius 3 is 1.89 bits per heavy atom. The molecular formula is C22H28O4Si. The van der Waals surface area contributed by atoms with Crippen molar-refractivity contribution >= 4 is 30.4 Å². The van der Waals surface area contributed by atoms with Crippen LogP contribution in [0.25, 0.3) is 0 Å². The zero-order chi connectivity index (χ0) is 19.9. The highest BCUT2D eigenvalue weighted by molar-refractivity contribution is 6.98. The first-order valence-corrected chi connectivity index (χ1v) is 11.3. The summed E-state index contributed by atoms with van der Waals surface area (Å²) in [5.41, 5.74) is 0. The molecule has 2 aromatic rings. The predicted octanol–water partition coefficient (Wildman–Crippen LogP) is 2.82. The van der Waals surface area contributed by atoms with Gasteiger partial charge in [-0.15, -0.1) is 0 Å². The summed E-state index contributed by atoms with van der Waals surface area (Å²) in [6, 6.07) is 19.4. The average molecular weight is 385 g/mol. The molecular weight excluding hydrogens is 356 g/mol. The zero-order valence-electron chi connectivity index (χ0n) is 16.3. The fourth-order valence-corrected chi connectivity index (χ4v) is 7.13. The van der Waals surface area contributed by atoms with E-state index in [4.69, 9.17) is 4.74 Å². The zero-order valence-corrected chi connectivity index (χ0v) is 17.3. The smallest absolute Gasteiger partial charge is 0.313 e. The van der Waals surface area contributed by atoms with Crippen LogP contribution in [0.5, 0.6) is 0 Å². The van der Waals surface area contributed by atoms with E-state index < -0.39 is 19.3 Å². The van der Waals surface area contributed by atoms with Crippen LogP contribution in [0.3, 0.4) is 0 Å². The van der Waals surface area contributed by atoms with Crippen molar-refractivity contribution in [1.82, 2.24) is 0 Å². The number of hydrogen-bond donors (Lipinski definition) is 1. The minimum absolute atomic E-state index is 0.154. The molecule has 0 atom stereocenters. The van der Waals surface area contributed by atoms with E-state index in [1.807, 2.05) is 74.5 Å². The van der Waals surface area contributed by atoms with Crippen LogP contribution in [-0.4, -0.2) is 31.5 Å². The molecule has 5 heteroatoms. The van der Waals surface area contributed by atoms with Crippen LogP contribution in [0.1, 0.15) is 40.0 Å². The molecule has 0 bridgehead atoms. The molecule has 0 aromatic heterocycles. The first-order valence-electron chi connectivity index (χ1n) is 9.32. The van der Waals surface area contributed by atoms with Gasteiger partial charge in [-0.05, 0) is 28.8 Å². The summed E-state index contributed by atoms with van der Waals surface area (Å²) in [5.74, 6) is -0.641. The molecule has 0 aliphatic rings. The normalized spacial score (nSPS) is 11.9. The molecule has 0 heterocycles. The Hall–Kier alpha value is -2.24. The Bertz CT molecular complexity index is 717. The highest BCUT2D eigenvalue weighted by Gasteiger charge is 2.49. The standard InChI is InChI=1S/C22H28O4Si/c1-4-26-21(24)17-18(23)15-16-22(2,3)27(25,19-11-7-5-8-12-19)20-13-9-6-10-14-20/h5-14,25H,4,15-17H2,1-3H3. The Morgan fingerprint density at radius 2 is 1.44 bits per heavy atom. The lowest BCUT2D eigenvalue weighted by atomic mass is 10.0. The molecule has 27 heavy (non-hydrogen) atoms. The highest BCUT2D eigenvalue weighted by Crippen LogP contribution is 2.39. The number of ketones is 1. The summed E-state index contributed by atoms with van der Waals surface area (Å²) >= 11 is 0. The van der Waals surface area contributed by atoms with Crippen molar-refractivity contribution < 1.29 is 19.1 Å². The van der Waals surface area contributed by atoms with E-state index in [0.717, 1.165) is 10.4 Å². The van der Waals surface area contributed by atoms with Crippen molar-refractivity contribution in [2.45, 2.75) is 45.1 Å². The van der Waals surface area contributed by atoms with Crippen LogP contribution in [0.4, 0.5) is 0 Å². The molecule has 0 unspecified atom stereocenters. The third-order valence-electron chi connectivity index (χ3n) is 5.04. The minimum Gasteiger partial charge on any atom is -0.466 e. The second-order valence-corrected chi connectivity index (χ2v) is 11.3. The number of rotatable bonds is 9. The molecule has 2 aromatic carbocycles. The van der Waals surface area contributed by atoms with Crippen molar-refractivity contribution in [3.8, 4) is 0 Å². The van der Waals surface area contributed by atoms with E-state index in [0.29, 0.717) is 6.42 Å². The highest BCUT2D eigenvalue weighted by atomic mass is 28.4. The van der Waals surface area contributed by atoms with Crippen molar-refractivity contribution in [1.29, 1.82) is 0 Å². The number of esters is 1. The monoisotopic (exact) mass is 384 g/mol. The summed E-state index contributed by atoms with van der Waals surface area (Å²) in [6.07, 6.45) is 0.527. The van der Waals surface area contributed by atoms with Gasteiger partial charge in [-0.25, -0.2) is 0 Å². The summed E-state index contributed by atoms with van der Waals surface area (Å²) in [7, 11) is -3.12. The van der Waals surface area contributed by atoms with Gasteiger partial charge in [-0.1, -0.05) is 74.5 Å². The number of carbonyl (C=O) groups is 2. The van der Waals surface area contributed by atoms with Gasteiger partial charge in [-0.2, -0.15) is 0 Å². The maximum atomic E-state index is 12.2. The molecule has 0 radical (unpaired) electrons. The lowest BCUT2D eigenvalue weighted by Crippen LogP contribution is -2.65. The van der Waals surface area contributed by atoms with Crippen molar-refractivity contribution in [2.24, 2.45) is 0 Å². The van der Waals surface area contributed by atoms with Crippen LogP contribution in [0.2, 0.25) is 5.04 Å². The Morgan fingerprint density at radius 1 is 0.963 bits per heavy atom. The van der Waals surface area contributed by atoms with Crippen LogP contribution in [-0.2, 0) is 14.3 Å². The third-order valence-corrected chi connectivity index (χ3v) is 9.58. The lowest BCUT2D eigenvalue weighted by molar-refractivity contribution is -0.145. The number of ether oxygens (including phenoxy) is 1. The Labute approximate surface area is 162 Å². The van der Waals surface area contributed by atoms with Crippen LogP contribution in [0.15, 0.2) is 60.7 Å². The van der Waals surface area contributed by atoms with E-state index >= 15 is 0 Å². The summed E-state index contributed by atoms with van der Waals surface area (Å²) < 4.78 is 4.85. The summed E-state index contributed by atoms with van der Waals surface area (Å²) in [4.78, 5) is 35.7. The van der Waals surface area contributed by atoms with Gasteiger partial charge >= 0.3 is 5.97 Å². The van der Waals surface area contributed by atoms with Gasteiger partial charge in [-0.3, -0.25) is 9.59 Å². The SMILES string of the molecule is CCOC(=O)CC(=O)CCC(C)(C)[Si](O)(c1ccccc1)c1ccccc1. The minimum atomic E-state index is -3.12. The maximum absolute atomic E-state index is 12.2. The maximum Gasteiger partial charge on any atom is 0.313 e. The molecule has 2 rings (SSSR count). The number of Topliss-reactive ketones (excluding diaryl/α,β-unsaturated/α-hetero) is 1. The number of benzene rings is 2. The predicted molar refractivity (Wildman–Crippen MR) is 110 cm³/mol. The van der Waals surface area contributed by atoms with Crippen LogP contribution in [0, 0.1) is 0 Å². The molecule has 0 saturated heterocycles. The first-order chi connectivity index (χ1) is 12.8. The Balaban J connectivity index is 2.27. The first kappa shape index (κ1) is 21.1. The molecule has 0 aliphatic carbocycles. The van der Waals surface area contributed by atoms with Gasteiger partial charge in [0, 0.05) is 6.42 Å². The molecule has 0 amide bonds. The van der Waals surface area contributed by atoms with Gasteiger partial charge < -0.3 is 9.53 Å². The van der Waals surface area contributed by atoms with Crippen LogP contribution < -0.4 is 10.4 Å². The largest absolute Gasteiger partial charge is 0.466 e. The quantitative estimate of drug-likeness (QED) is 0.410. The van der Waals surface area contributed by atoms with E-state index in [2.05, 4.69) is 0 Å². The van der Waals surface area contributed by atoms with Gasteiger partial charge in [0.05, 0.1) is 6.61 Å². The van der Waals surface area contributed by atoms with Gasteiger partial charge in [0.15, 0.2) is 0 Å². The van der Waals surface area contributed by atoms with Crippen molar-refractivity contribution in [3.05, 3.63) is 60.7 Å². The van der Waals surface area contributed by atoms with Gasteiger partial charge in [0.25, 0.3) is 8.32 Å².